The van der Waals surface area contributed by atoms with Crippen LogP contribution in [-0.2, 0) is 28.6 Å². The highest BCUT2D eigenvalue weighted by atomic mass is 16.6. The van der Waals surface area contributed by atoms with Crippen LogP contribution in [0.1, 0.15) is 53.4 Å². The Bertz CT molecular complexity index is 744. The van der Waals surface area contributed by atoms with Crippen molar-refractivity contribution in [1.82, 2.24) is 30.7 Å². The molecule has 3 rings (SSSR count). The molecule has 3 aliphatic rings. The van der Waals surface area contributed by atoms with E-state index in [-0.39, 0.29) is 57.0 Å². The van der Waals surface area contributed by atoms with E-state index < -0.39 is 5.41 Å². The zero-order chi connectivity index (χ0) is 30.4. The zero-order valence-corrected chi connectivity index (χ0v) is 26.5. The fourth-order valence-corrected chi connectivity index (χ4v) is 5.74. The molecule has 0 radical (unpaired) electrons. The van der Waals surface area contributed by atoms with Gasteiger partial charge in [0.1, 0.15) is 19.8 Å². The number of carbonyl (C=O) groups excluding carboxylic acids is 3. The number of rotatable bonds is 16. The molecule has 12 nitrogen and oxygen atoms in total. The number of carbonyl (C=O) groups is 3. The summed E-state index contributed by atoms with van der Waals surface area (Å²) in [5, 5.41) is 10.2. The maximum atomic E-state index is 12.7. The van der Waals surface area contributed by atoms with Gasteiger partial charge in [-0.15, -0.1) is 0 Å². The number of hydrogen-bond acceptors (Lipinski definition) is 12. The minimum atomic E-state index is -0.794. The molecule has 3 heterocycles. The number of nitrogens with zero attached hydrogens (tertiary/aromatic N) is 3. The number of piperazine rings is 3. The van der Waals surface area contributed by atoms with Crippen molar-refractivity contribution in [3.05, 3.63) is 0 Å². The standard InChI is InChI=1S/C30H56N6O6/c1-5-30(21-40-27(37)6-12-34-15-9-31-24(2)18-34,22-41-28(38)7-13-35-16-10-32-25(3)19-35)23-42-29(39)8-14-36-17-11-33-26(4)20-36/h24-26,31-33H,5-23H2,1-4H3. The third kappa shape index (κ3) is 12.8. The Kier molecular flexibility index (Phi) is 14.9. The second-order valence-corrected chi connectivity index (χ2v) is 12.6. The molecule has 3 atom stereocenters. The van der Waals surface area contributed by atoms with Crippen molar-refractivity contribution in [2.75, 3.05) is 98.4 Å². The van der Waals surface area contributed by atoms with Crippen LogP contribution in [0.5, 0.6) is 0 Å². The van der Waals surface area contributed by atoms with E-state index in [9.17, 15) is 14.4 Å². The molecule has 12 heteroatoms. The van der Waals surface area contributed by atoms with E-state index in [0.717, 1.165) is 58.9 Å². The third-order valence-electron chi connectivity index (χ3n) is 8.62. The highest BCUT2D eigenvalue weighted by Crippen LogP contribution is 2.25. The predicted molar refractivity (Wildman–Crippen MR) is 161 cm³/mol. The van der Waals surface area contributed by atoms with Gasteiger partial charge in [0.25, 0.3) is 0 Å². The topological polar surface area (TPSA) is 125 Å². The van der Waals surface area contributed by atoms with Crippen LogP contribution >= 0.6 is 0 Å². The molecule has 3 fully saturated rings. The van der Waals surface area contributed by atoms with Crippen LogP contribution in [0.4, 0.5) is 0 Å². The Morgan fingerprint density at radius 3 is 1.19 bits per heavy atom. The summed E-state index contributed by atoms with van der Waals surface area (Å²) in [6.07, 6.45) is 1.40. The van der Waals surface area contributed by atoms with Crippen molar-refractivity contribution < 1.29 is 28.6 Å². The molecular weight excluding hydrogens is 540 g/mol. The Labute approximate surface area is 252 Å². The van der Waals surface area contributed by atoms with Crippen molar-refractivity contribution in [1.29, 1.82) is 0 Å². The molecule has 3 N–H and O–H groups in total. The van der Waals surface area contributed by atoms with Crippen LogP contribution in [0.15, 0.2) is 0 Å². The van der Waals surface area contributed by atoms with E-state index in [1.54, 1.807) is 0 Å². The molecule has 0 spiro atoms. The summed E-state index contributed by atoms with van der Waals surface area (Å²) < 4.78 is 17.2. The molecule has 0 aromatic carbocycles. The van der Waals surface area contributed by atoms with Gasteiger partial charge in [-0.05, 0) is 27.2 Å². The average molecular weight is 597 g/mol. The zero-order valence-electron chi connectivity index (χ0n) is 26.5. The van der Waals surface area contributed by atoms with Gasteiger partial charge < -0.3 is 30.2 Å². The Morgan fingerprint density at radius 1 is 0.619 bits per heavy atom. The molecule has 0 saturated carbocycles. The van der Waals surface area contributed by atoms with E-state index >= 15 is 0 Å². The van der Waals surface area contributed by atoms with Crippen molar-refractivity contribution in [3.8, 4) is 0 Å². The van der Waals surface area contributed by atoms with Gasteiger partial charge in [0.15, 0.2) is 0 Å². The third-order valence-corrected chi connectivity index (χ3v) is 8.62. The molecule has 0 aromatic rings. The maximum Gasteiger partial charge on any atom is 0.307 e. The summed E-state index contributed by atoms with van der Waals surface area (Å²) in [5.74, 6) is -0.882. The number of hydrogen-bond donors (Lipinski definition) is 3. The molecule has 0 aromatic heterocycles. The molecular formula is C30H56N6O6. The number of ether oxygens (including phenoxy) is 3. The molecule has 3 aliphatic heterocycles. The van der Waals surface area contributed by atoms with Crippen LogP contribution in [0.2, 0.25) is 0 Å². The second-order valence-electron chi connectivity index (χ2n) is 12.6. The van der Waals surface area contributed by atoms with Crippen molar-refractivity contribution >= 4 is 17.9 Å². The summed E-state index contributed by atoms with van der Waals surface area (Å²) >= 11 is 0. The SMILES string of the molecule is CCC(COC(=O)CCN1CCNC(C)C1)(COC(=O)CCN1CCNC(C)C1)COC(=O)CCN1CCNC(C)C1. The van der Waals surface area contributed by atoms with Crippen molar-refractivity contribution in [2.24, 2.45) is 5.41 Å². The van der Waals surface area contributed by atoms with E-state index in [1.807, 2.05) is 6.92 Å². The van der Waals surface area contributed by atoms with Crippen molar-refractivity contribution in [3.63, 3.8) is 0 Å². The van der Waals surface area contributed by atoms with Gasteiger partial charge in [0, 0.05) is 96.7 Å². The first-order valence-electron chi connectivity index (χ1n) is 16.0. The van der Waals surface area contributed by atoms with Crippen LogP contribution in [0, 0.1) is 5.41 Å². The minimum Gasteiger partial charge on any atom is -0.465 e. The van der Waals surface area contributed by atoms with Gasteiger partial charge in [-0.1, -0.05) is 6.92 Å². The quantitative estimate of drug-likeness (QED) is 0.165. The van der Waals surface area contributed by atoms with Gasteiger partial charge in [0.2, 0.25) is 0 Å². The first-order valence-corrected chi connectivity index (χ1v) is 16.0. The lowest BCUT2D eigenvalue weighted by atomic mass is 9.88. The highest BCUT2D eigenvalue weighted by molar-refractivity contribution is 5.70. The summed E-state index contributed by atoms with van der Waals surface area (Å²) in [5.41, 5.74) is -0.794. The minimum absolute atomic E-state index is 0.0332. The van der Waals surface area contributed by atoms with Gasteiger partial charge in [0.05, 0.1) is 24.7 Å². The molecule has 42 heavy (non-hydrogen) atoms. The first kappa shape index (κ1) is 34.7. The monoisotopic (exact) mass is 596 g/mol. The van der Waals surface area contributed by atoms with Crippen LogP contribution in [0.25, 0.3) is 0 Å². The predicted octanol–water partition coefficient (Wildman–Crippen LogP) is 0.0638. The maximum absolute atomic E-state index is 12.7. The van der Waals surface area contributed by atoms with Gasteiger partial charge in [-0.25, -0.2) is 0 Å². The van der Waals surface area contributed by atoms with E-state index in [4.69, 9.17) is 14.2 Å². The van der Waals surface area contributed by atoms with Crippen LogP contribution in [0.3, 0.4) is 0 Å². The van der Waals surface area contributed by atoms with E-state index in [2.05, 4.69) is 51.4 Å². The Balaban J connectivity index is 1.49. The second kappa shape index (κ2) is 18.1. The molecule has 0 aliphatic carbocycles. The molecule has 3 unspecified atom stereocenters. The van der Waals surface area contributed by atoms with E-state index in [1.165, 1.54) is 0 Å². The number of nitrogens with one attached hydrogen (secondary N) is 3. The summed E-state index contributed by atoms with van der Waals surface area (Å²) in [7, 11) is 0. The molecule has 0 bridgehead atoms. The Hall–Kier alpha value is -1.83. The van der Waals surface area contributed by atoms with Crippen LogP contribution < -0.4 is 16.0 Å². The average Bonchev–Trinajstić information content (AvgIpc) is 2.98. The lowest BCUT2D eigenvalue weighted by Crippen LogP contribution is -2.49. The molecule has 3 saturated heterocycles. The van der Waals surface area contributed by atoms with Crippen LogP contribution in [-0.4, -0.2) is 149 Å². The summed E-state index contributed by atoms with van der Waals surface area (Å²) in [6.45, 7) is 18.5. The van der Waals surface area contributed by atoms with Gasteiger partial charge in [-0.3, -0.25) is 29.1 Å². The smallest absolute Gasteiger partial charge is 0.307 e. The van der Waals surface area contributed by atoms with E-state index in [0.29, 0.717) is 44.2 Å². The normalized spacial score (nSPS) is 25.9. The lowest BCUT2D eigenvalue weighted by molar-refractivity contribution is -0.162. The first-order chi connectivity index (χ1) is 20.2. The summed E-state index contributed by atoms with van der Waals surface area (Å²) in [6, 6.07) is 1.20. The highest BCUT2D eigenvalue weighted by Gasteiger charge is 2.34. The summed E-state index contributed by atoms with van der Waals surface area (Å²) in [4.78, 5) is 44.9. The van der Waals surface area contributed by atoms with Gasteiger partial charge >= 0.3 is 17.9 Å². The lowest BCUT2D eigenvalue weighted by Gasteiger charge is -2.33. The molecule has 242 valence electrons. The van der Waals surface area contributed by atoms with Crippen molar-refractivity contribution in [2.45, 2.75) is 71.5 Å². The largest absolute Gasteiger partial charge is 0.465 e. The number of esters is 3. The van der Waals surface area contributed by atoms with Gasteiger partial charge in [-0.2, -0.15) is 0 Å². The fraction of sp³-hybridized carbons (Fsp3) is 0.900. The molecule has 0 amide bonds. The Morgan fingerprint density at radius 2 is 0.929 bits per heavy atom. The fourth-order valence-electron chi connectivity index (χ4n) is 5.74.